The van der Waals surface area contributed by atoms with Gasteiger partial charge < -0.3 is 24.7 Å². The first-order valence-electron chi connectivity index (χ1n) is 13.7. The maximum atomic E-state index is 13.1. The Morgan fingerprint density at radius 2 is 1.80 bits per heavy atom. The first-order chi connectivity index (χ1) is 19.9. The van der Waals surface area contributed by atoms with Gasteiger partial charge in [0.2, 0.25) is 5.88 Å². The van der Waals surface area contributed by atoms with E-state index in [0.717, 1.165) is 28.3 Å². The summed E-state index contributed by atoms with van der Waals surface area (Å²) in [5.74, 6) is 1.49. The molecule has 0 aliphatic carbocycles. The molecule has 1 atom stereocenters. The Bertz CT molecular complexity index is 1660. The van der Waals surface area contributed by atoms with Crippen LogP contribution in [0.15, 0.2) is 90.3 Å². The molecule has 1 aliphatic heterocycles. The van der Waals surface area contributed by atoms with Crippen LogP contribution in [0.3, 0.4) is 0 Å². The summed E-state index contributed by atoms with van der Waals surface area (Å²) in [5, 5.41) is 11.8. The molecule has 1 unspecified atom stereocenters. The van der Waals surface area contributed by atoms with Crippen molar-refractivity contribution in [2.24, 2.45) is 11.7 Å². The molecule has 0 amide bonds. The quantitative estimate of drug-likeness (QED) is 0.176. The van der Waals surface area contributed by atoms with E-state index in [9.17, 15) is 10.1 Å². The van der Waals surface area contributed by atoms with Gasteiger partial charge in [0.25, 0.3) is 0 Å². The lowest BCUT2D eigenvalue weighted by Gasteiger charge is -2.27. The molecule has 41 heavy (non-hydrogen) atoms. The second-order valence-corrected chi connectivity index (χ2v) is 10.2. The van der Waals surface area contributed by atoms with Crippen molar-refractivity contribution in [2.75, 3.05) is 13.2 Å². The van der Waals surface area contributed by atoms with Gasteiger partial charge in [0, 0.05) is 11.6 Å². The highest BCUT2D eigenvalue weighted by Gasteiger charge is 2.32. The molecular weight excluding hydrogens is 516 g/mol. The summed E-state index contributed by atoms with van der Waals surface area (Å²) >= 11 is 0. The van der Waals surface area contributed by atoms with Crippen molar-refractivity contribution in [3.63, 3.8) is 0 Å². The molecule has 0 bridgehead atoms. The average molecular weight is 549 g/mol. The fourth-order valence-corrected chi connectivity index (χ4v) is 4.90. The van der Waals surface area contributed by atoms with Crippen molar-refractivity contribution in [2.45, 2.75) is 33.1 Å². The number of allylic oxidation sites excluding steroid dienone is 1. The Morgan fingerprint density at radius 3 is 2.59 bits per heavy atom. The highest BCUT2D eigenvalue weighted by molar-refractivity contribution is 6.05. The Balaban J connectivity index is 1.46. The number of carbonyl (C=O) groups is 1. The second kappa shape index (κ2) is 12.1. The Hall–Kier alpha value is -4.96. The normalized spacial score (nSPS) is 14.3. The monoisotopic (exact) mass is 548 g/mol. The summed E-state index contributed by atoms with van der Waals surface area (Å²) in [6.45, 7) is 7.24. The van der Waals surface area contributed by atoms with Gasteiger partial charge in [0.05, 0.1) is 24.7 Å². The molecule has 0 spiro atoms. The third-order valence-corrected chi connectivity index (χ3v) is 6.96. The van der Waals surface area contributed by atoms with Crippen LogP contribution in [-0.4, -0.2) is 19.2 Å². The number of hydrogen-bond acceptors (Lipinski definition) is 7. The number of rotatable bonds is 9. The number of hydrogen-bond donors (Lipinski definition) is 1. The SMILES string of the molecule is CCOc1cc(C2C(C#N)=C(N)Oc3cc(OC(=O)c4cccc5ccccc45)ccc32)ccc1OCCC(C)C. The first-order valence-corrected chi connectivity index (χ1v) is 13.7. The van der Waals surface area contributed by atoms with Crippen molar-refractivity contribution in [1.82, 2.24) is 0 Å². The Labute approximate surface area is 239 Å². The van der Waals surface area contributed by atoms with E-state index in [1.54, 1.807) is 24.3 Å². The van der Waals surface area contributed by atoms with Crippen LogP contribution in [0.1, 0.15) is 54.6 Å². The minimum absolute atomic E-state index is 0.00208. The van der Waals surface area contributed by atoms with Crippen molar-refractivity contribution >= 4 is 16.7 Å². The summed E-state index contributed by atoms with van der Waals surface area (Å²) in [7, 11) is 0. The molecule has 0 fully saturated rings. The lowest BCUT2D eigenvalue weighted by atomic mass is 9.83. The van der Waals surface area contributed by atoms with Gasteiger partial charge in [0.15, 0.2) is 11.5 Å². The van der Waals surface area contributed by atoms with Gasteiger partial charge in [-0.2, -0.15) is 5.26 Å². The molecule has 4 aromatic carbocycles. The number of nitrogens with two attached hydrogens (primary N) is 1. The van der Waals surface area contributed by atoms with Crippen LogP contribution in [0.25, 0.3) is 10.8 Å². The highest BCUT2D eigenvalue weighted by atomic mass is 16.5. The van der Waals surface area contributed by atoms with E-state index in [-0.39, 0.29) is 11.5 Å². The van der Waals surface area contributed by atoms with E-state index in [1.807, 2.05) is 61.5 Å². The molecule has 7 heteroatoms. The second-order valence-electron chi connectivity index (χ2n) is 10.2. The zero-order chi connectivity index (χ0) is 28.9. The van der Waals surface area contributed by atoms with Gasteiger partial charge in [-0.1, -0.05) is 62.4 Å². The molecule has 4 aromatic rings. The molecule has 208 valence electrons. The lowest BCUT2D eigenvalue weighted by Crippen LogP contribution is -2.21. The predicted molar refractivity (Wildman–Crippen MR) is 157 cm³/mol. The van der Waals surface area contributed by atoms with Gasteiger partial charge in [-0.25, -0.2) is 4.79 Å². The molecule has 1 heterocycles. The number of esters is 1. The maximum absolute atomic E-state index is 13.1. The van der Waals surface area contributed by atoms with Crippen molar-refractivity contribution in [3.05, 3.63) is 107 Å². The molecule has 0 saturated heterocycles. The fourth-order valence-electron chi connectivity index (χ4n) is 4.90. The summed E-state index contributed by atoms with van der Waals surface area (Å²) in [5.41, 5.74) is 8.50. The number of ether oxygens (including phenoxy) is 4. The first kappa shape index (κ1) is 27.6. The van der Waals surface area contributed by atoms with Crippen LogP contribution >= 0.6 is 0 Å². The van der Waals surface area contributed by atoms with E-state index in [1.165, 1.54) is 0 Å². The maximum Gasteiger partial charge on any atom is 0.344 e. The van der Waals surface area contributed by atoms with Gasteiger partial charge in [0.1, 0.15) is 23.1 Å². The Morgan fingerprint density at radius 1 is 1.00 bits per heavy atom. The molecule has 0 radical (unpaired) electrons. The largest absolute Gasteiger partial charge is 0.490 e. The Kier molecular flexibility index (Phi) is 8.11. The molecule has 0 saturated carbocycles. The van der Waals surface area contributed by atoms with Gasteiger partial charge in [-0.3, -0.25) is 0 Å². The van der Waals surface area contributed by atoms with E-state index < -0.39 is 11.9 Å². The van der Waals surface area contributed by atoms with E-state index >= 15 is 0 Å². The average Bonchev–Trinajstić information content (AvgIpc) is 2.96. The number of nitrogens with zero attached hydrogens (tertiary/aromatic N) is 1. The smallest absolute Gasteiger partial charge is 0.344 e. The zero-order valence-corrected chi connectivity index (χ0v) is 23.3. The number of nitriles is 1. The minimum Gasteiger partial charge on any atom is -0.490 e. The highest BCUT2D eigenvalue weighted by Crippen LogP contribution is 2.45. The topological polar surface area (TPSA) is 104 Å². The summed E-state index contributed by atoms with van der Waals surface area (Å²) in [4.78, 5) is 13.1. The van der Waals surface area contributed by atoms with Crippen LogP contribution in [0.4, 0.5) is 0 Å². The summed E-state index contributed by atoms with van der Waals surface area (Å²) in [6, 6.07) is 26.1. The van der Waals surface area contributed by atoms with Gasteiger partial charge in [-0.15, -0.1) is 0 Å². The predicted octanol–water partition coefficient (Wildman–Crippen LogP) is 7.10. The minimum atomic E-state index is -0.504. The molecule has 7 nitrogen and oxygen atoms in total. The molecular formula is C34H32N2O5. The van der Waals surface area contributed by atoms with E-state index in [4.69, 9.17) is 24.7 Å². The third kappa shape index (κ3) is 5.82. The molecule has 0 aromatic heterocycles. The summed E-state index contributed by atoms with van der Waals surface area (Å²) in [6.07, 6.45) is 0.923. The summed E-state index contributed by atoms with van der Waals surface area (Å²) < 4.78 is 23.5. The van der Waals surface area contributed by atoms with E-state index in [0.29, 0.717) is 47.7 Å². The zero-order valence-electron chi connectivity index (χ0n) is 23.3. The number of benzene rings is 4. The van der Waals surface area contributed by atoms with Gasteiger partial charge >= 0.3 is 5.97 Å². The van der Waals surface area contributed by atoms with Crippen LogP contribution < -0.4 is 24.7 Å². The molecule has 1 aliphatic rings. The van der Waals surface area contributed by atoms with Crippen molar-refractivity contribution in [1.29, 1.82) is 5.26 Å². The van der Waals surface area contributed by atoms with Crippen molar-refractivity contribution in [3.8, 4) is 29.1 Å². The van der Waals surface area contributed by atoms with Crippen LogP contribution in [0, 0.1) is 17.2 Å². The van der Waals surface area contributed by atoms with Gasteiger partial charge in [-0.05, 0) is 59.9 Å². The third-order valence-electron chi connectivity index (χ3n) is 6.96. The molecule has 2 N–H and O–H groups in total. The van der Waals surface area contributed by atoms with Crippen LogP contribution in [0.5, 0.6) is 23.0 Å². The van der Waals surface area contributed by atoms with Crippen molar-refractivity contribution < 1.29 is 23.7 Å². The lowest BCUT2D eigenvalue weighted by molar-refractivity contribution is 0.0736. The molecule has 5 rings (SSSR count). The van der Waals surface area contributed by atoms with Crippen LogP contribution in [0.2, 0.25) is 0 Å². The van der Waals surface area contributed by atoms with Crippen LogP contribution in [-0.2, 0) is 0 Å². The van der Waals surface area contributed by atoms with E-state index in [2.05, 4.69) is 19.9 Å². The standard InChI is InChI=1S/C34H32N2O5/c1-4-38-31-18-23(12-15-29(31)39-17-16-21(2)3)32-27-14-13-24(19-30(27)41-33(36)28(32)20-35)40-34(37)26-11-7-9-22-8-5-6-10-25(22)26/h5-15,18-19,21,32H,4,16-17,36H2,1-3H3. The fraction of sp³-hybridized carbons (Fsp3) is 0.235. The number of fused-ring (bicyclic) bond motifs is 2. The number of carbonyl (C=O) groups excluding carboxylic acids is 1.